The van der Waals surface area contributed by atoms with Crippen LogP contribution in [-0.2, 0) is 4.74 Å². The van der Waals surface area contributed by atoms with Gasteiger partial charge in [-0.2, -0.15) is 0 Å². The molecule has 2 rings (SSSR count). The van der Waals surface area contributed by atoms with E-state index in [1.54, 1.807) is 7.11 Å². The highest BCUT2D eigenvalue weighted by atomic mass is 127. The van der Waals surface area contributed by atoms with Crippen LogP contribution in [0.5, 0.6) is 0 Å². The van der Waals surface area contributed by atoms with Gasteiger partial charge in [0.1, 0.15) is 0 Å². The summed E-state index contributed by atoms with van der Waals surface area (Å²) in [6, 6.07) is 10.5. The Hall–Kier alpha value is -0.470. The van der Waals surface area contributed by atoms with Gasteiger partial charge in [0.05, 0.1) is 0 Å². The van der Waals surface area contributed by atoms with Gasteiger partial charge in [-0.3, -0.25) is 4.99 Å². The van der Waals surface area contributed by atoms with Gasteiger partial charge in [-0.05, 0) is 36.8 Å². The van der Waals surface area contributed by atoms with Gasteiger partial charge >= 0.3 is 0 Å². The number of guanidine groups is 1. The first-order valence-corrected chi connectivity index (χ1v) is 9.38. The van der Waals surface area contributed by atoms with Crippen molar-refractivity contribution in [1.82, 2.24) is 10.6 Å². The van der Waals surface area contributed by atoms with Crippen molar-refractivity contribution >= 4 is 41.7 Å². The molecule has 1 aliphatic rings. The van der Waals surface area contributed by atoms with Crippen LogP contribution in [0.4, 0.5) is 0 Å². The van der Waals surface area contributed by atoms with Crippen molar-refractivity contribution in [2.75, 3.05) is 39.6 Å². The van der Waals surface area contributed by atoms with Gasteiger partial charge in [-0.15, -0.1) is 35.7 Å². The number of nitrogens with one attached hydrogen (secondary N) is 2. The van der Waals surface area contributed by atoms with Crippen LogP contribution in [-0.4, -0.2) is 45.6 Å². The zero-order valence-electron chi connectivity index (χ0n) is 14.7. The molecule has 0 aromatic heterocycles. The first-order valence-electron chi connectivity index (χ1n) is 8.39. The Morgan fingerprint density at radius 1 is 1.25 bits per heavy atom. The van der Waals surface area contributed by atoms with Crippen LogP contribution in [0.3, 0.4) is 0 Å². The van der Waals surface area contributed by atoms with E-state index >= 15 is 0 Å². The lowest BCUT2D eigenvalue weighted by Crippen LogP contribution is -2.47. The zero-order chi connectivity index (χ0) is 16.4. The van der Waals surface area contributed by atoms with E-state index in [0.29, 0.717) is 5.41 Å². The first-order chi connectivity index (χ1) is 11.3. The molecule has 1 fully saturated rings. The molecule has 2 N–H and O–H groups in total. The monoisotopic (exact) mass is 463 g/mol. The van der Waals surface area contributed by atoms with Crippen molar-refractivity contribution < 1.29 is 4.74 Å². The van der Waals surface area contributed by atoms with Crippen molar-refractivity contribution in [2.24, 2.45) is 10.4 Å². The molecule has 0 heterocycles. The molecule has 0 atom stereocenters. The fourth-order valence-electron chi connectivity index (χ4n) is 2.86. The van der Waals surface area contributed by atoms with Gasteiger partial charge in [0, 0.05) is 44.5 Å². The average molecular weight is 463 g/mol. The Balaban J connectivity index is 0.00000288. The van der Waals surface area contributed by atoms with E-state index in [1.165, 1.54) is 24.2 Å². The Labute approximate surface area is 167 Å². The van der Waals surface area contributed by atoms with E-state index in [2.05, 4.69) is 39.9 Å². The maximum atomic E-state index is 5.25. The molecule has 1 aromatic rings. The minimum Gasteiger partial charge on any atom is -0.385 e. The highest BCUT2D eigenvalue weighted by Gasteiger charge is 2.36. The maximum absolute atomic E-state index is 5.25. The molecule has 0 saturated heterocycles. The van der Waals surface area contributed by atoms with Gasteiger partial charge in [-0.1, -0.05) is 24.6 Å². The number of ether oxygens (including phenoxy) is 1. The molecular weight excluding hydrogens is 433 g/mol. The fraction of sp³-hybridized carbons (Fsp3) is 0.611. The molecule has 0 unspecified atom stereocenters. The standard InChI is InChI=1S/C18H29N3OS.HI/c1-19-17(20-12-14-23-16-7-4-3-5-8-16)21-15-18(9-6-10-18)11-13-22-2;/h3-5,7-8H,6,9-15H2,1-2H3,(H2,19,20,21);1H. The molecule has 0 spiro atoms. The van der Waals surface area contributed by atoms with Gasteiger partial charge in [0.25, 0.3) is 0 Å². The van der Waals surface area contributed by atoms with Crippen molar-refractivity contribution in [2.45, 2.75) is 30.6 Å². The summed E-state index contributed by atoms with van der Waals surface area (Å²) in [5.41, 5.74) is 0.409. The smallest absolute Gasteiger partial charge is 0.191 e. The Morgan fingerprint density at radius 3 is 2.58 bits per heavy atom. The molecule has 136 valence electrons. The van der Waals surface area contributed by atoms with Crippen molar-refractivity contribution in [3.8, 4) is 0 Å². The molecular formula is C18H30IN3OS. The Morgan fingerprint density at radius 2 is 2.00 bits per heavy atom. The number of nitrogens with zero attached hydrogens (tertiary/aromatic N) is 1. The topological polar surface area (TPSA) is 45.7 Å². The van der Waals surface area contributed by atoms with Gasteiger partial charge in [0.15, 0.2) is 5.96 Å². The summed E-state index contributed by atoms with van der Waals surface area (Å²) in [7, 11) is 3.62. The number of hydrogen-bond acceptors (Lipinski definition) is 3. The third-order valence-corrected chi connectivity index (χ3v) is 5.53. The van der Waals surface area contributed by atoms with E-state index in [4.69, 9.17) is 4.74 Å². The summed E-state index contributed by atoms with van der Waals surface area (Å²) >= 11 is 1.86. The summed E-state index contributed by atoms with van der Waals surface area (Å²) in [6.45, 7) is 2.74. The number of methoxy groups -OCH3 is 1. The number of rotatable bonds is 9. The lowest BCUT2D eigenvalue weighted by molar-refractivity contribution is 0.0733. The SMILES string of the molecule is CN=C(NCCSc1ccccc1)NCC1(CCOC)CCC1.I. The van der Waals surface area contributed by atoms with Crippen LogP contribution in [0.2, 0.25) is 0 Å². The second-order valence-electron chi connectivity index (χ2n) is 6.11. The van der Waals surface area contributed by atoms with Crippen LogP contribution in [0.15, 0.2) is 40.2 Å². The third kappa shape index (κ3) is 7.19. The predicted octanol–water partition coefficient (Wildman–Crippen LogP) is 3.77. The first kappa shape index (κ1) is 21.6. The van der Waals surface area contributed by atoms with Crippen LogP contribution in [0.25, 0.3) is 0 Å². The van der Waals surface area contributed by atoms with Crippen LogP contribution in [0.1, 0.15) is 25.7 Å². The summed E-state index contributed by atoms with van der Waals surface area (Å²) in [5, 5.41) is 6.90. The Kier molecular flexibility index (Phi) is 10.8. The molecule has 1 aliphatic carbocycles. The second-order valence-corrected chi connectivity index (χ2v) is 7.28. The summed E-state index contributed by atoms with van der Waals surface area (Å²) in [6.07, 6.45) is 5.07. The minimum absolute atomic E-state index is 0. The quantitative estimate of drug-likeness (QED) is 0.193. The van der Waals surface area contributed by atoms with Crippen molar-refractivity contribution in [1.29, 1.82) is 0 Å². The van der Waals surface area contributed by atoms with Gasteiger partial charge < -0.3 is 15.4 Å². The maximum Gasteiger partial charge on any atom is 0.191 e. The summed E-state index contributed by atoms with van der Waals surface area (Å²) in [5.74, 6) is 1.93. The number of benzene rings is 1. The van der Waals surface area contributed by atoms with Crippen molar-refractivity contribution in [3.05, 3.63) is 30.3 Å². The summed E-state index contributed by atoms with van der Waals surface area (Å²) in [4.78, 5) is 5.64. The largest absolute Gasteiger partial charge is 0.385 e. The van der Waals surface area contributed by atoms with Gasteiger partial charge in [-0.25, -0.2) is 0 Å². The van der Waals surface area contributed by atoms with Crippen LogP contribution < -0.4 is 10.6 Å². The number of thioether (sulfide) groups is 1. The van der Waals surface area contributed by atoms with E-state index in [1.807, 2.05) is 24.9 Å². The van der Waals surface area contributed by atoms with Gasteiger partial charge in [0.2, 0.25) is 0 Å². The van der Waals surface area contributed by atoms with Crippen LogP contribution in [0, 0.1) is 5.41 Å². The predicted molar refractivity (Wildman–Crippen MR) is 115 cm³/mol. The molecule has 0 aliphatic heterocycles. The van der Waals surface area contributed by atoms with E-state index in [9.17, 15) is 0 Å². The van der Waals surface area contributed by atoms with E-state index in [0.717, 1.165) is 37.8 Å². The number of aliphatic imine (C=N–C) groups is 1. The zero-order valence-corrected chi connectivity index (χ0v) is 17.9. The normalized spacial score (nSPS) is 16.0. The lowest BCUT2D eigenvalue weighted by Gasteiger charge is -2.42. The van der Waals surface area contributed by atoms with E-state index < -0.39 is 0 Å². The number of halogens is 1. The van der Waals surface area contributed by atoms with Crippen molar-refractivity contribution in [3.63, 3.8) is 0 Å². The fourth-order valence-corrected chi connectivity index (χ4v) is 3.65. The molecule has 4 nitrogen and oxygen atoms in total. The third-order valence-electron chi connectivity index (χ3n) is 4.51. The minimum atomic E-state index is 0. The number of hydrogen-bond donors (Lipinski definition) is 2. The summed E-state index contributed by atoms with van der Waals surface area (Å²) < 4.78 is 5.25. The highest BCUT2D eigenvalue weighted by molar-refractivity contribution is 14.0. The molecule has 1 aromatic carbocycles. The second kappa shape index (κ2) is 12.0. The van der Waals surface area contributed by atoms with E-state index in [-0.39, 0.29) is 24.0 Å². The van der Waals surface area contributed by atoms with Crippen LogP contribution >= 0.6 is 35.7 Å². The highest BCUT2D eigenvalue weighted by Crippen LogP contribution is 2.43. The molecule has 0 bridgehead atoms. The molecule has 6 heteroatoms. The lowest BCUT2D eigenvalue weighted by atomic mass is 9.67. The molecule has 24 heavy (non-hydrogen) atoms. The molecule has 0 amide bonds. The average Bonchev–Trinajstić information content (AvgIpc) is 2.56. The Bertz CT molecular complexity index is 480. The molecule has 0 radical (unpaired) electrons. The molecule has 1 saturated carbocycles.